The second-order valence-corrected chi connectivity index (χ2v) is 4.89. The quantitative estimate of drug-likeness (QED) is 0.849. The Bertz CT molecular complexity index is 425. The normalized spacial score (nSPS) is 16.7. The van der Waals surface area contributed by atoms with E-state index in [1.54, 1.807) is 6.07 Å². The summed E-state index contributed by atoms with van der Waals surface area (Å²) in [4.78, 5) is 11.1. The maximum atomic E-state index is 11.1. The zero-order valence-corrected chi connectivity index (χ0v) is 10.9. The van der Waals surface area contributed by atoms with Crippen molar-refractivity contribution in [2.45, 2.75) is 32.7 Å². The first-order valence-corrected chi connectivity index (χ1v) is 6.54. The molecule has 0 unspecified atom stereocenters. The van der Waals surface area contributed by atoms with Gasteiger partial charge >= 0.3 is 0 Å². The van der Waals surface area contributed by atoms with Gasteiger partial charge in [0.2, 0.25) is 5.91 Å². The lowest BCUT2D eigenvalue weighted by atomic mass is 10.0. The van der Waals surface area contributed by atoms with E-state index in [1.165, 1.54) is 24.8 Å². The average Bonchev–Trinajstić information content (AvgIpc) is 2.38. The van der Waals surface area contributed by atoms with Gasteiger partial charge in [-0.2, -0.15) is 0 Å². The number of nitrogens with one attached hydrogen (secondary N) is 1. The van der Waals surface area contributed by atoms with Gasteiger partial charge < -0.3 is 5.73 Å². The van der Waals surface area contributed by atoms with Gasteiger partial charge in [-0.15, -0.1) is 0 Å². The molecular formula is C14H21N3O. The standard InChI is InChI=1S/C14H21N3O/c1-11-9-12(14(15)18)5-6-13(11)10-16-17-7-3-2-4-8-17/h5-6,9,16H,2-4,7-8,10H2,1H3,(H2,15,18). The molecule has 1 aliphatic rings. The van der Waals surface area contributed by atoms with E-state index in [2.05, 4.69) is 10.4 Å². The second-order valence-electron chi connectivity index (χ2n) is 4.89. The minimum atomic E-state index is -0.367. The Morgan fingerprint density at radius 1 is 1.33 bits per heavy atom. The van der Waals surface area contributed by atoms with Crippen molar-refractivity contribution in [3.63, 3.8) is 0 Å². The largest absolute Gasteiger partial charge is 0.366 e. The first kappa shape index (κ1) is 13.1. The summed E-state index contributed by atoms with van der Waals surface area (Å²) in [6.07, 6.45) is 3.88. The van der Waals surface area contributed by atoms with Crippen LogP contribution < -0.4 is 11.2 Å². The van der Waals surface area contributed by atoms with Crippen molar-refractivity contribution in [2.24, 2.45) is 5.73 Å². The third-order valence-corrected chi connectivity index (χ3v) is 3.48. The van der Waals surface area contributed by atoms with Crippen molar-refractivity contribution >= 4 is 5.91 Å². The van der Waals surface area contributed by atoms with Crippen molar-refractivity contribution in [1.29, 1.82) is 0 Å². The van der Waals surface area contributed by atoms with Gasteiger partial charge in [0, 0.05) is 25.2 Å². The zero-order valence-electron chi connectivity index (χ0n) is 10.9. The number of primary amides is 1. The maximum absolute atomic E-state index is 11.1. The highest BCUT2D eigenvalue weighted by atomic mass is 16.1. The minimum Gasteiger partial charge on any atom is -0.366 e. The molecule has 0 saturated carbocycles. The van der Waals surface area contributed by atoms with Crippen LogP contribution in [0.15, 0.2) is 18.2 Å². The predicted molar refractivity (Wildman–Crippen MR) is 72.0 cm³/mol. The lowest BCUT2D eigenvalue weighted by Gasteiger charge is -2.27. The number of carbonyl (C=O) groups excluding carboxylic acids is 1. The van der Waals surface area contributed by atoms with Crippen LogP contribution in [0.5, 0.6) is 0 Å². The molecule has 4 nitrogen and oxygen atoms in total. The summed E-state index contributed by atoms with van der Waals surface area (Å²) in [6.45, 7) is 5.07. The molecule has 3 N–H and O–H groups in total. The molecule has 0 bridgehead atoms. The summed E-state index contributed by atoms with van der Waals surface area (Å²) in [5.74, 6) is -0.367. The molecule has 1 amide bonds. The van der Waals surface area contributed by atoms with Gasteiger partial charge in [-0.25, -0.2) is 5.01 Å². The SMILES string of the molecule is Cc1cc(C(N)=O)ccc1CNN1CCCCC1. The smallest absolute Gasteiger partial charge is 0.248 e. The van der Waals surface area contributed by atoms with E-state index in [0.29, 0.717) is 5.56 Å². The van der Waals surface area contributed by atoms with Crippen LogP contribution in [0.4, 0.5) is 0 Å². The molecule has 0 atom stereocenters. The van der Waals surface area contributed by atoms with E-state index in [-0.39, 0.29) is 5.91 Å². The Labute approximate surface area is 108 Å². The molecule has 98 valence electrons. The van der Waals surface area contributed by atoms with Gasteiger partial charge in [0.1, 0.15) is 0 Å². The average molecular weight is 247 g/mol. The molecule has 1 aliphatic heterocycles. The van der Waals surface area contributed by atoms with Gasteiger partial charge in [-0.1, -0.05) is 12.5 Å². The Balaban J connectivity index is 1.94. The molecule has 4 heteroatoms. The van der Waals surface area contributed by atoms with Crippen molar-refractivity contribution in [3.05, 3.63) is 34.9 Å². The summed E-state index contributed by atoms with van der Waals surface area (Å²) in [6, 6.07) is 5.63. The highest BCUT2D eigenvalue weighted by molar-refractivity contribution is 5.93. The summed E-state index contributed by atoms with van der Waals surface area (Å²) in [7, 11) is 0. The fourth-order valence-electron chi connectivity index (χ4n) is 2.30. The van der Waals surface area contributed by atoms with E-state index in [9.17, 15) is 4.79 Å². The van der Waals surface area contributed by atoms with E-state index in [4.69, 9.17) is 5.73 Å². The lowest BCUT2D eigenvalue weighted by Crippen LogP contribution is -2.41. The van der Waals surface area contributed by atoms with E-state index >= 15 is 0 Å². The molecule has 0 spiro atoms. The number of benzene rings is 1. The van der Waals surface area contributed by atoms with Gasteiger partial charge in [0.15, 0.2) is 0 Å². The van der Waals surface area contributed by atoms with Crippen LogP contribution in [-0.2, 0) is 6.54 Å². The number of carbonyl (C=O) groups is 1. The molecule has 1 aromatic rings. The number of hydrogen-bond donors (Lipinski definition) is 2. The Morgan fingerprint density at radius 2 is 2.06 bits per heavy atom. The highest BCUT2D eigenvalue weighted by Crippen LogP contribution is 2.12. The van der Waals surface area contributed by atoms with Gasteiger partial charge in [0.25, 0.3) is 0 Å². The molecule has 1 saturated heterocycles. The van der Waals surface area contributed by atoms with Crippen molar-refractivity contribution in [2.75, 3.05) is 13.1 Å². The summed E-state index contributed by atoms with van der Waals surface area (Å²) in [5, 5.41) is 2.28. The molecular weight excluding hydrogens is 226 g/mol. The fourth-order valence-corrected chi connectivity index (χ4v) is 2.30. The number of nitrogens with zero attached hydrogens (tertiary/aromatic N) is 1. The topological polar surface area (TPSA) is 58.4 Å². The maximum Gasteiger partial charge on any atom is 0.248 e. The van der Waals surface area contributed by atoms with Gasteiger partial charge in [0.05, 0.1) is 0 Å². The van der Waals surface area contributed by atoms with Crippen molar-refractivity contribution in [3.8, 4) is 0 Å². The number of amides is 1. The Morgan fingerprint density at radius 3 is 2.67 bits per heavy atom. The van der Waals surface area contributed by atoms with E-state index in [0.717, 1.165) is 25.2 Å². The number of hydrogen-bond acceptors (Lipinski definition) is 3. The van der Waals surface area contributed by atoms with Crippen LogP contribution in [0, 0.1) is 6.92 Å². The third-order valence-electron chi connectivity index (χ3n) is 3.48. The second kappa shape index (κ2) is 5.98. The Kier molecular flexibility index (Phi) is 4.33. The number of aryl methyl sites for hydroxylation is 1. The van der Waals surface area contributed by atoms with Crippen molar-refractivity contribution < 1.29 is 4.79 Å². The predicted octanol–water partition coefficient (Wildman–Crippen LogP) is 1.58. The number of piperidine rings is 1. The van der Waals surface area contributed by atoms with E-state index < -0.39 is 0 Å². The van der Waals surface area contributed by atoms with Crippen LogP contribution >= 0.6 is 0 Å². The van der Waals surface area contributed by atoms with Gasteiger partial charge in [-0.3, -0.25) is 10.2 Å². The van der Waals surface area contributed by atoms with E-state index in [1.807, 2.05) is 19.1 Å². The fraction of sp³-hybridized carbons (Fsp3) is 0.500. The molecule has 0 radical (unpaired) electrons. The molecule has 1 fully saturated rings. The Hall–Kier alpha value is -1.39. The summed E-state index contributed by atoms with van der Waals surface area (Å²) in [5.41, 5.74) is 11.6. The molecule has 2 rings (SSSR count). The number of hydrazine groups is 1. The molecule has 1 aromatic carbocycles. The van der Waals surface area contributed by atoms with Crippen LogP contribution in [0.1, 0.15) is 40.7 Å². The molecule has 0 aliphatic carbocycles. The first-order chi connectivity index (χ1) is 8.66. The molecule has 1 heterocycles. The van der Waals surface area contributed by atoms with Crippen molar-refractivity contribution in [1.82, 2.24) is 10.4 Å². The lowest BCUT2D eigenvalue weighted by molar-refractivity contribution is 0.1000. The molecule has 0 aromatic heterocycles. The highest BCUT2D eigenvalue weighted by Gasteiger charge is 2.10. The van der Waals surface area contributed by atoms with Crippen LogP contribution in [0.25, 0.3) is 0 Å². The first-order valence-electron chi connectivity index (χ1n) is 6.54. The molecule has 18 heavy (non-hydrogen) atoms. The van der Waals surface area contributed by atoms with Gasteiger partial charge in [-0.05, 0) is 43.0 Å². The van der Waals surface area contributed by atoms with Crippen LogP contribution in [0.2, 0.25) is 0 Å². The zero-order chi connectivity index (χ0) is 13.0. The van der Waals surface area contributed by atoms with Crippen LogP contribution in [0.3, 0.4) is 0 Å². The summed E-state index contributed by atoms with van der Waals surface area (Å²) >= 11 is 0. The number of nitrogens with two attached hydrogens (primary N) is 1. The monoisotopic (exact) mass is 247 g/mol. The third kappa shape index (κ3) is 3.31. The summed E-state index contributed by atoms with van der Waals surface area (Å²) < 4.78 is 0. The van der Waals surface area contributed by atoms with Crippen LogP contribution in [-0.4, -0.2) is 24.0 Å². The number of rotatable bonds is 4. The minimum absolute atomic E-state index is 0.367.